The second-order valence-corrected chi connectivity index (χ2v) is 3.66. The fourth-order valence-corrected chi connectivity index (χ4v) is 1.52. The van der Waals surface area contributed by atoms with Crippen LogP contribution < -0.4 is 4.74 Å². The molecule has 0 amide bonds. The quantitative estimate of drug-likeness (QED) is 0.781. The van der Waals surface area contributed by atoms with Crippen molar-refractivity contribution in [1.29, 1.82) is 0 Å². The van der Waals surface area contributed by atoms with Crippen molar-refractivity contribution in [2.24, 2.45) is 0 Å². The minimum absolute atomic E-state index is 0.182. The van der Waals surface area contributed by atoms with Crippen molar-refractivity contribution < 1.29 is 13.9 Å². The highest BCUT2D eigenvalue weighted by atomic mass is 19.1. The lowest BCUT2D eigenvalue weighted by Crippen LogP contribution is -2.07. The Labute approximate surface area is 103 Å². The van der Waals surface area contributed by atoms with Crippen LogP contribution in [0.4, 0.5) is 4.39 Å². The van der Waals surface area contributed by atoms with Gasteiger partial charge < -0.3 is 4.74 Å². The first-order valence-corrected chi connectivity index (χ1v) is 5.49. The van der Waals surface area contributed by atoms with E-state index in [2.05, 4.69) is 10.2 Å². The summed E-state index contributed by atoms with van der Waals surface area (Å²) < 4.78 is 19.8. The van der Waals surface area contributed by atoms with E-state index in [-0.39, 0.29) is 23.4 Å². The van der Waals surface area contributed by atoms with Gasteiger partial charge in [0.25, 0.3) is 0 Å². The minimum Gasteiger partial charge on any atom is -0.424 e. The fourth-order valence-electron chi connectivity index (χ4n) is 1.52. The third-order valence-electron chi connectivity index (χ3n) is 2.37. The predicted molar refractivity (Wildman–Crippen MR) is 62.2 cm³/mol. The number of hydrogen-bond donors (Lipinski definition) is 0. The number of carbonyl (C=O) groups is 1. The van der Waals surface area contributed by atoms with Crippen molar-refractivity contribution in [3.63, 3.8) is 0 Å². The lowest BCUT2D eigenvalue weighted by atomic mass is 10.3. The average molecular weight is 249 g/mol. The van der Waals surface area contributed by atoms with Crippen LogP contribution in [-0.4, -0.2) is 20.5 Å². The van der Waals surface area contributed by atoms with Gasteiger partial charge in [-0.3, -0.25) is 9.36 Å². The molecule has 0 aliphatic rings. The molecule has 0 spiro atoms. The molecule has 94 valence electrons. The first-order valence-electron chi connectivity index (χ1n) is 5.49. The van der Waals surface area contributed by atoms with Gasteiger partial charge in [-0.05, 0) is 31.2 Å². The van der Waals surface area contributed by atoms with E-state index in [0.29, 0.717) is 12.3 Å². The zero-order chi connectivity index (χ0) is 13.1. The number of halogens is 1. The summed E-state index contributed by atoms with van der Waals surface area (Å²) in [5.74, 6) is 0.158. The summed E-state index contributed by atoms with van der Waals surface area (Å²) in [4.78, 5) is 11.3. The Morgan fingerprint density at radius 1 is 1.33 bits per heavy atom. The Morgan fingerprint density at radius 3 is 2.56 bits per heavy atom. The Bertz CT molecular complexity index is 563. The molecular formula is C12H12FN3O2. The van der Waals surface area contributed by atoms with Crippen molar-refractivity contribution in [2.75, 3.05) is 0 Å². The molecule has 1 aromatic heterocycles. The van der Waals surface area contributed by atoms with Gasteiger partial charge in [0.2, 0.25) is 5.82 Å². The van der Waals surface area contributed by atoms with Crippen LogP contribution in [0, 0.1) is 5.82 Å². The van der Waals surface area contributed by atoms with Crippen molar-refractivity contribution >= 4 is 5.78 Å². The molecule has 0 radical (unpaired) electrons. The summed E-state index contributed by atoms with van der Waals surface area (Å²) in [5, 5.41) is 7.57. The molecule has 2 aromatic rings. The van der Waals surface area contributed by atoms with Crippen molar-refractivity contribution in [2.45, 2.75) is 20.4 Å². The van der Waals surface area contributed by atoms with Crippen LogP contribution >= 0.6 is 0 Å². The Morgan fingerprint density at radius 2 is 2.00 bits per heavy atom. The van der Waals surface area contributed by atoms with E-state index in [9.17, 15) is 9.18 Å². The van der Waals surface area contributed by atoms with Gasteiger partial charge in [-0.15, -0.1) is 5.10 Å². The summed E-state index contributed by atoms with van der Waals surface area (Å²) in [5.41, 5.74) is 0. The Hall–Kier alpha value is -2.24. The molecule has 0 N–H and O–H groups in total. The summed E-state index contributed by atoms with van der Waals surface area (Å²) in [6, 6.07) is 5.76. The molecule has 0 fully saturated rings. The summed E-state index contributed by atoms with van der Waals surface area (Å²) in [6.07, 6.45) is 0. The molecule has 0 unspecified atom stereocenters. The fraction of sp³-hybridized carbons (Fsp3) is 0.250. The maximum absolute atomic E-state index is 12.7. The zero-order valence-electron chi connectivity index (χ0n) is 10.1. The Balaban J connectivity index is 2.29. The van der Waals surface area contributed by atoms with E-state index in [1.54, 1.807) is 4.57 Å². The second kappa shape index (κ2) is 4.95. The molecule has 1 heterocycles. The maximum Gasteiger partial charge on any atom is 0.322 e. The summed E-state index contributed by atoms with van der Waals surface area (Å²) in [6.45, 7) is 3.78. The van der Waals surface area contributed by atoms with E-state index in [4.69, 9.17) is 4.74 Å². The highest BCUT2D eigenvalue weighted by Crippen LogP contribution is 2.20. The number of ether oxygens (including phenoxy) is 1. The van der Waals surface area contributed by atoms with Crippen LogP contribution in [-0.2, 0) is 6.54 Å². The minimum atomic E-state index is -0.344. The summed E-state index contributed by atoms with van der Waals surface area (Å²) in [7, 11) is 0. The molecule has 0 bridgehead atoms. The van der Waals surface area contributed by atoms with Crippen LogP contribution in [0.1, 0.15) is 24.5 Å². The van der Waals surface area contributed by atoms with Crippen LogP contribution in [0.25, 0.3) is 0 Å². The predicted octanol–water partition coefficient (Wildman–Crippen LogP) is 2.43. The number of benzene rings is 1. The lowest BCUT2D eigenvalue weighted by molar-refractivity contribution is 0.0998. The maximum atomic E-state index is 12.7. The van der Waals surface area contributed by atoms with Crippen LogP contribution in [0.3, 0.4) is 0 Å². The van der Waals surface area contributed by atoms with Crippen LogP contribution in [0.2, 0.25) is 0 Å². The molecule has 0 saturated carbocycles. The van der Waals surface area contributed by atoms with E-state index in [1.807, 2.05) is 6.92 Å². The van der Waals surface area contributed by atoms with Crippen molar-refractivity contribution in [3.05, 3.63) is 35.9 Å². The van der Waals surface area contributed by atoms with Crippen molar-refractivity contribution in [1.82, 2.24) is 14.8 Å². The molecule has 2 rings (SSSR count). The lowest BCUT2D eigenvalue weighted by Gasteiger charge is -2.06. The number of nitrogens with zero attached hydrogens (tertiary/aromatic N) is 3. The van der Waals surface area contributed by atoms with Gasteiger partial charge in [0.15, 0.2) is 5.78 Å². The van der Waals surface area contributed by atoms with E-state index in [0.717, 1.165) is 0 Å². The van der Waals surface area contributed by atoms with E-state index < -0.39 is 0 Å². The van der Waals surface area contributed by atoms with Gasteiger partial charge in [-0.1, -0.05) is 5.10 Å². The molecule has 0 aliphatic heterocycles. The van der Waals surface area contributed by atoms with Crippen LogP contribution in [0.15, 0.2) is 24.3 Å². The third-order valence-corrected chi connectivity index (χ3v) is 2.37. The Kier molecular flexibility index (Phi) is 3.36. The summed E-state index contributed by atoms with van der Waals surface area (Å²) >= 11 is 0. The van der Waals surface area contributed by atoms with Crippen molar-refractivity contribution in [3.8, 4) is 11.8 Å². The third kappa shape index (κ3) is 2.37. The molecule has 1 aromatic carbocycles. The normalized spacial score (nSPS) is 10.4. The van der Waals surface area contributed by atoms with Crippen LogP contribution in [0.5, 0.6) is 11.8 Å². The molecule has 18 heavy (non-hydrogen) atoms. The number of hydrogen-bond acceptors (Lipinski definition) is 4. The molecule has 6 heteroatoms. The van der Waals surface area contributed by atoms with Gasteiger partial charge in [0.05, 0.1) is 0 Å². The standard InChI is InChI=1S/C12H12FN3O2/c1-3-16-11(8(2)17)14-15-12(16)18-10-6-4-9(13)5-7-10/h4-7H,3H2,1-2H3. The van der Waals surface area contributed by atoms with E-state index in [1.165, 1.54) is 31.2 Å². The van der Waals surface area contributed by atoms with Gasteiger partial charge >= 0.3 is 6.01 Å². The topological polar surface area (TPSA) is 57.0 Å². The highest BCUT2D eigenvalue weighted by molar-refractivity contribution is 5.90. The first-order chi connectivity index (χ1) is 8.61. The van der Waals surface area contributed by atoms with E-state index >= 15 is 0 Å². The number of Topliss-reactive ketones (excluding diaryl/α,β-unsaturated/α-hetero) is 1. The largest absolute Gasteiger partial charge is 0.424 e. The average Bonchev–Trinajstić information content (AvgIpc) is 2.75. The molecule has 0 saturated heterocycles. The van der Waals surface area contributed by atoms with Gasteiger partial charge in [-0.25, -0.2) is 4.39 Å². The van der Waals surface area contributed by atoms with Gasteiger partial charge in [0, 0.05) is 13.5 Å². The SMILES string of the molecule is CCn1c(Oc2ccc(F)cc2)nnc1C(C)=O. The number of ketones is 1. The molecular weight excluding hydrogens is 237 g/mol. The number of rotatable bonds is 4. The second-order valence-electron chi connectivity index (χ2n) is 3.66. The molecule has 0 atom stereocenters. The highest BCUT2D eigenvalue weighted by Gasteiger charge is 2.15. The zero-order valence-corrected chi connectivity index (χ0v) is 10.1. The van der Waals surface area contributed by atoms with Gasteiger partial charge in [-0.2, -0.15) is 0 Å². The number of carbonyl (C=O) groups excluding carboxylic acids is 1. The first kappa shape index (κ1) is 12.2. The molecule has 0 aliphatic carbocycles. The number of aromatic nitrogens is 3. The van der Waals surface area contributed by atoms with Gasteiger partial charge in [0.1, 0.15) is 11.6 Å². The smallest absolute Gasteiger partial charge is 0.322 e. The monoisotopic (exact) mass is 249 g/mol. The molecule has 5 nitrogen and oxygen atoms in total.